The molecule has 1 aliphatic rings. The summed E-state index contributed by atoms with van der Waals surface area (Å²) in [4.78, 5) is 4.65. The lowest BCUT2D eigenvalue weighted by Gasteiger charge is -2.26. The molecule has 0 saturated heterocycles. The first kappa shape index (κ1) is 11.5. The Labute approximate surface area is 119 Å². The van der Waals surface area contributed by atoms with E-state index in [1.54, 1.807) is 0 Å². The van der Waals surface area contributed by atoms with Crippen molar-refractivity contribution in [1.82, 2.24) is 9.32 Å². The first-order chi connectivity index (χ1) is 9.17. The number of hydrogen-bond acceptors (Lipinski definition) is 3. The average Bonchev–Trinajstić information content (AvgIpc) is 2.78. The average molecular weight is 307 g/mol. The lowest BCUT2D eigenvalue weighted by Crippen LogP contribution is -2.07. The Bertz CT molecular complexity index is 861. The van der Waals surface area contributed by atoms with Gasteiger partial charge in [0.15, 0.2) is 5.82 Å². The topological polar surface area (TPSA) is 27.1 Å². The molecule has 0 amide bonds. The number of para-hydroxylation sites is 3. The van der Waals surface area contributed by atoms with E-state index in [4.69, 9.17) is 27.6 Å². The van der Waals surface area contributed by atoms with Crippen LogP contribution in [0.1, 0.15) is 0 Å². The minimum Gasteiger partial charge on any atom is -0.436 e. The summed E-state index contributed by atoms with van der Waals surface area (Å²) in [5, 5.41) is 0. The molecule has 1 atom stereocenters. The fourth-order valence-electron chi connectivity index (χ4n) is 2.32. The van der Waals surface area contributed by atoms with Crippen LogP contribution in [0.3, 0.4) is 0 Å². The highest BCUT2D eigenvalue weighted by atomic mass is 35.7. The molecule has 1 unspecified atom stereocenters. The smallest absolute Gasteiger partial charge is 0.302 e. The zero-order valence-corrected chi connectivity index (χ0v) is 12.1. The van der Waals surface area contributed by atoms with Crippen molar-refractivity contribution in [3.05, 3.63) is 48.5 Å². The van der Waals surface area contributed by atoms with Gasteiger partial charge in [-0.05, 0) is 47.3 Å². The molecule has 2 heterocycles. The summed E-state index contributed by atoms with van der Waals surface area (Å²) in [6.45, 7) is 0. The summed E-state index contributed by atoms with van der Waals surface area (Å²) in [6.07, 6.45) is 0. The largest absolute Gasteiger partial charge is 0.436 e. The van der Waals surface area contributed by atoms with E-state index in [1.165, 1.54) is 0 Å². The molecule has 0 radical (unpaired) electrons. The summed E-state index contributed by atoms with van der Waals surface area (Å²) in [6, 6.07) is 15.5. The maximum absolute atomic E-state index is 6.48. The summed E-state index contributed by atoms with van der Waals surface area (Å²) in [5.74, 6) is -1.14. The highest BCUT2D eigenvalue weighted by Crippen LogP contribution is 2.61. The van der Waals surface area contributed by atoms with Gasteiger partial charge in [0.2, 0.25) is 0 Å². The fourth-order valence-corrected chi connectivity index (χ4v) is 5.03. The molecule has 1 aliphatic heterocycles. The third-order valence-electron chi connectivity index (χ3n) is 3.11. The van der Waals surface area contributed by atoms with Gasteiger partial charge >= 0.3 is 5.77 Å². The number of hydrogen-bond donors (Lipinski definition) is 0. The van der Waals surface area contributed by atoms with E-state index in [9.17, 15) is 0 Å². The number of rotatable bonds is 0. The van der Waals surface area contributed by atoms with E-state index in [-0.39, 0.29) is 0 Å². The molecule has 0 spiro atoms. The Kier molecular flexibility index (Phi) is 2.31. The van der Waals surface area contributed by atoms with Crippen molar-refractivity contribution in [2.45, 2.75) is 0 Å². The number of aromatic nitrogens is 2. The van der Waals surface area contributed by atoms with Crippen molar-refractivity contribution in [1.29, 1.82) is 0 Å². The SMILES string of the molecule is S=P1(Cl)Oc2ccccc2-c2nc3ccccc3n21. The summed E-state index contributed by atoms with van der Waals surface area (Å²) < 4.78 is 7.69. The number of fused-ring (bicyclic) bond motifs is 5. The highest BCUT2D eigenvalue weighted by molar-refractivity contribution is 8.24. The van der Waals surface area contributed by atoms with Gasteiger partial charge in [0.1, 0.15) is 5.75 Å². The van der Waals surface area contributed by atoms with Crippen molar-refractivity contribution in [2.24, 2.45) is 0 Å². The number of nitrogens with zero attached hydrogens (tertiary/aromatic N) is 2. The predicted octanol–water partition coefficient (Wildman–Crippen LogP) is 4.41. The minimum atomic E-state index is -2.65. The van der Waals surface area contributed by atoms with E-state index in [1.807, 2.05) is 52.9 Å². The minimum absolute atomic E-state index is 0.712. The Hall–Kier alpha value is -1.35. The van der Waals surface area contributed by atoms with Crippen LogP contribution in [-0.2, 0) is 11.8 Å². The predicted molar refractivity (Wildman–Crippen MR) is 81.3 cm³/mol. The highest BCUT2D eigenvalue weighted by Gasteiger charge is 2.32. The van der Waals surface area contributed by atoms with E-state index in [2.05, 4.69) is 4.98 Å². The molecule has 3 nitrogen and oxygen atoms in total. The molecule has 3 aromatic rings. The second kappa shape index (κ2) is 3.83. The molecular weight excluding hydrogens is 299 g/mol. The van der Waals surface area contributed by atoms with Gasteiger partial charge in [-0.15, -0.1) is 0 Å². The van der Waals surface area contributed by atoms with Crippen LogP contribution in [0.5, 0.6) is 5.75 Å². The van der Waals surface area contributed by atoms with Crippen LogP contribution in [0.4, 0.5) is 0 Å². The van der Waals surface area contributed by atoms with Gasteiger partial charge in [-0.25, -0.2) is 4.98 Å². The molecule has 0 aliphatic carbocycles. The second-order valence-electron chi connectivity index (χ2n) is 4.27. The van der Waals surface area contributed by atoms with Crippen LogP contribution in [0, 0.1) is 0 Å². The van der Waals surface area contributed by atoms with Crippen molar-refractivity contribution < 1.29 is 4.52 Å². The van der Waals surface area contributed by atoms with Crippen LogP contribution >= 0.6 is 17.0 Å². The molecule has 1 aromatic heterocycles. The van der Waals surface area contributed by atoms with Crippen LogP contribution in [0.15, 0.2) is 48.5 Å². The van der Waals surface area contributed by atoms with Gasteiger partial charge < -0.3 is 4.52 Å². The third-order valence-corrected chi connectivity index (χ3v) is 5.79. The summed E-state index contributed by atoms with van der Waals surface area (Å²) in [7, 11) is 0. The second-order valence-corrected chi connectivity index (χ2v) is 9.22. The van der Waals surface area contributed by atoms with Crippen LogP contribution in [0.25, 0.3) is 22.4 Å². The van der Waals surface area contributed by atoms with E-state index in [0.29, 0.717) is 5.75 Å². The van der Waals surface area contributed by atoms with Gasteiger partial charge in [0, 0.05) is 0 Å². The Balaban J connectivity index is 2.19. The zero-order valence-electron chi connectivity index (χ0n) is 9.65. The van der Waals surface area contributed by atoms with Gasteiger partial charge in [-0.1, -0.05) is 24.3 Å². The third kappa shape index (κ3) is 1.57. The molecule has 0 saturated carbocycles. The number of halogens is 1. The zero-order chi connectivity index (χ0) is 13.0. The van der Waals surface area contributed by atoms with Crippen molar-refractivity contribution in [2.75, 3.05) is 0 Å². The lowest BCUT2D eigenvalue weighted by atomic mass is 10.2. The monoisotopic (exact) mass is 306 g/mol. The molecule has 6 heteroatoms. The van der Waals surface area contributed by atoms with Crippen molar-refractivity contribution >= 4 is 39.8 Å². The summed E-state index contributed by atoms with van der Waals surface area (Å²) >= 11 is 12.0. The molecule has 0 N–H and O–H groups in total. The Morgan fingerprint density at radius 1 is 1.11 bits per heavy atom. The van der Waals surface area contributed by atoms with E-state index in [0.717, 1.165) is 22.4 Å². The Morgan fingerprint density at radius 2 is 1.84 bits per heavy atom. The van der Waals surface area contributed by atoms with E-state index >= 15 is 0 Å². The van der Waals surface area contributed by atoms with Crippen molar-refractivity contribution in [3.63, 3.8) is 0 Å². The van der Waals surface area contributed by atoms with E-state index < -0.39 is 5.77 Å². The first-order valence-electron chi connectivity index (χ1n) is 5.74. The first-order valence-corrected chi connectivity index (χ1v) is 9.32. The van der Waals surface area contributed by atoms with Crippen molar-refractivity contribution in [3.8, 4) is 17.1 Å². The number of benzene rings is 2. The van der Waals surface area contributed by atoms with Gasteiger partial charge in [0.25, 0.3) is 0 Å². The summed E-state index contributed by atoms with van der Waals surface area (Å²) in [5.41, 5.74) is 2.73. The maximum Gasteiger partial charge on any atom is 0.302 e. The van der Waals surface area contributed by atoms with Gasteiger partial charge in [-0.3, -0.25) is 4.34 Å². The Morgan fingerprint density at radius 3 is 2.74 bits per heavy atom. The maximum atomic E-state index is 6.48. The molecule has 94 valence electrons. The number of imidazole rings is 1. The van der Waals surface area contributed by atoms with Crippen LogP contribution < -0.4 is 4.52 Å². The quantitative estimate of drug-likeness (QED) is 0.576. The molecule has 19 heavy (non-hydrogen) atoms. The van der Waals surface area contributed by atoms with Crippen LogP contribution in [-0.4, -0.2) is 9.32 Å². The lowest BCUT2D eigenvalue weighted by molar-refractivity contribution is 0.610. The molecule has 4 rings (SSSR count). The fraction of sp³-hybridized carbons (Fsp3) is 0. The van der Waals surface area contributed by atoms with Crippen LogP contribution in [0.2, 0.25) is 0 Å². The van der Waals surface area contributed by atoms with Gasteiger partial charge in [0.05, 0.1) is 16.6 Å². The molecule has 2 aromatic carbocycles. The standard InChI is InChI=1S/C13H8ClN2OPS/c14-18(19)16-11-7-3-2-6-10(11)15-13(16)9-5-1-4-8-12(9)17-18/h1-8H. The normalized spacial score (nSPS) is 20.7. The molecule has 0 bridgehead atoms. The molecular formula is C13H8ClN2OPS. The molecule has 0 fully saturated rings. The van der Waals surface area contributed by atoms with Gasteiger partial charge in [-0.2, -0.15) is 0 Å².